The van der Waals surface area contributed by atoms with Gasteiger partial charge in [-0.25, -0.2) is 0 Å². The fourth-order valence-electron chi connectivity index (χ4n) is 3.96. The van der Waals surface area contributed by atoms with Gasteiger partial charge in [0, 0.05) is 11.1 Å². The van der Waals surface area contributed by atoms with Gasteiger partial charge in [0.05, 0.1) is 0 Å². The molecule has 0 aliphatic rings. The van der Waals surface area contributed by atoms with E-state index in [0.717, 1.165) is 62.5 Å². The first-order valence-electron chi connectivity index (χ1n) is 10.3. The van der Waals surface area contributed by atoms with Gasteiger partial charge in [0.2, 0.25) is 0 Å². The van der Waals surface area contributed by atoms with Crippen LogP contribution in [0.4, 0.5) is 0 Å². The molecule has 142 valence electrons. The van der Waals surface area contributed by atoms with Gasteiger partial charge < -0.3 is 10.2 Å². The largest absolute Gasteiger partial charge is 0.508 e. The summed E-state index contributed by atoms with van der Waals surface area (Å²) in [7, 11) is 0. The molecule has 0 aromatic heterocycles. The number of aryl methyl sites for hydroxylation is 2. The molecule has 2 nitrogen and oxygen atoms in total. The van der Waals surface area contributed by atoms with Crippen molar-refractivity contribution in [3.05, 3.63) is 46.5 Å². The van der Waals surface area contributed by atoms with Gasteiger partial charge >= 0.3 is 0 Å². The molecule has 0 atom stereocenters. The molecule has 2 aromatic carbocycles. The van der Waals surface area contributed by atoms with Crippen LogP contribution in [-0.2, 0) is 25.7 Å². The summed E-state index contributed by atoms with van der Waals surface area (Å²) in [6.07, 6.45) is 7.78. The van der Waals surface area contributed by atoms with E-state index in [9.17, 15) is 10.2 Å². The third-order valence-corrected chi connectivity index (χ3v) is 5.04. The van der Waals surface area contributed by atoms with Crippen LogP contribution in [0.1, 0.15) is 75.6 Å². The molecule has 26 heavy (non-hydrogen) atoms. The average Bonchev–Trinajstić information content (AvgIpc) is 2.62. The summed E-state index contributed by atoms with van der Waals surface area (Å²) in [6.45, 7) is 8.69. The molecule has 0 fully saturated rings. The molecule has 0 spiro atoms. The van der Waals surface area contributed by atoms with Crippen molar-refractivity contribution in [1.82, 2.24) is 0 Å². The van der Waals surface area contributed by atoms with E-state index < -0.39 is 0 Å². The maximum absolute atomic E-state index is 10.6. The summed E-state index contributed by atoms with van der Waals surface area (Å²) in [6, 6.07) is 7.84. The Labute approximate surface area is 158 Å². The zero-order chi connectivity index (χ0) is 19.1. The van der Waals surface area contributed by atoms with Gasteiger partial charge in [-0.3, -0.25) is 0 Å². The minimum Gasteiger partial charge on any atom is -0.508 e. The van der Waals surface area contributed by atoms with Crippen LogP contribution in [0.5, 0.6) is 11.5 Å². The Morgan fingerprint density at radius 3 is 1.19 bits per heavy atom. The predicted octanol–water partition coefficient (Wildman–Crippen LogP) is 6.57. The third-order valence-electron chi connectivity index (χ3n) is 5.04. The maximum atomic E-state index is 10.6. The summed E-state index contributed by atoms with van der Waals surface area (Å²) < 4.78 is 0. The van der Waals surface area contributed by atoms with Crippen LogP contribution in [0, 0.1) is 0 Å². The minimum atomic E-state index is 0.384. The molecule has 0 unspecified atom stereocenters. The monoisotopic (exact) mass is 354 g/mol. The second-order valence-corrected chi connectivity index (χ2v) is 7.19. The van der Waals surface area contributed by atoms with E-state index in [1.165, 1.54) is 22.3 Å². The second kappa shape index (κ2) is 9.66. The van der Waals surface area contributed by atoms with Gasteiger partial charge in [-0.15, -0.1) is 0 Å². The Morgan fingerprint density at radius 1 is 0.538 bits per heavy atom. The highest BCUT2D eigenvalue weighted by molar-refractivity contribution is 5.80. The second-order valence-electron chi connectivity index (χ2n) is 7.19. The van der Waals surface area contributed by atoms with Gasteiger partial charge in [0.15, 0.2) is 0 Å². The van der Waals surface area contributed by atoms with E-state index in [1.54, 1.807) is 0 Å². The van der Waals surface area contributed by atoms with E-state index in [-0.39, 0.29) is 0 Å². The van der Waals surface area contributed by atoms with Crippen LogP contribution in [0.15, 0.2) is 24.3 Å². The Bertz CT molecular complexity index is 668. The number of hydrogen-bond acceptors (Lipinski definition) is 2. The smallest absolute Gasteiger partial charge is 0.119 e. The van der Waals surface area contributed by atoms with Gasteiger partial charge in [-0.2, -0.15) is 0 Å². The van der Waals surface area contributed by atoms with Crippen LogP contribution in [0.25, 0.3) is 11.1 Å². The fraction of sp³-hybridized carbons (Fsp3) is 0.500. The maximum Gasteiger partial charge on any atom is 0.119 e. The van der Waals surface area contributed by atoms with Gasteiger partial charge in [-0.05, 0) is 60.1 Å². The molecule has 0 bridgehead atoms. The van der Waals surface area contributed by atoms with Crippen LogP contribution in [0.2, 0.25) is 0 Å². The number of phenols is 2. The number of hydrogen-bond donors (Lipinski definition) is 2. The van der Waals surface area contributed by atoms with E-state index in [4.69, 9.17) is 0 Å². The quantitative estimate of drug-likeness (QED) is 0.534. The lowest BCUT2D eigenvalue weighted by atomic mass is 9.82. The minimum absolute atomic E-state index is 0.384. The molecule has 2 aromatic rings. The molecule has 0 amide bonds. The van der Waals surface area contributed by atoms with Crippen molar-refractivity contribution in [2.45, 2.75) is 79.1 Å². The highest BCUT2D eigenvalue weighted by atomic mass is 16.3. The average molecular weight is 355 g/mol. The van der Waals surface area contributed by atoms with Gasteiger partial charge in [0.1, 0.15) is 11.5 Å². The summed E-state index contributed by atoms with van der Waals surface area (Å²) in [5.41, 5.74) is 7.01. The third kappa shape index (κ3) is 4.23. The Morgan fingerprint density at radius 2 is 0.885 bits per heavy atom. The highest BCUT2D eigenvalue weighted by Crippen LogP contribution is 2.42. The molecular weight excluding hydrogens is 320 g/mol. The Balaban J connectivity index is 2.88. The highest BCUT2D eigenvalue weighted by Gasteiger charge is 2.21. The number of phenolic OH excluding ortho intramolecular Hbond substituents is 2. The van der Waals surface area contributed by atoms with Crippen LogP contribution in [0.3, 0.4) is 0 Å². The lowest BCUT2D eigenvalue weighted by molar-refractivity contribution is 0.465. The standard InChI is InChI=1S/C24H34O2/c1-5-9-17-13-15-21(25)19(11-7-3)23(17)24-18(10-6-2)14-16-22(26)20(24)12-8-4/h13-16,25-26H,5-12H2,1-4H3. The molecule has 0 saturated carbocycles. The van der Waals surface area contributed by atoms with Crippen molar-refractivity contribution < 1.29 is 10.2 Å². The molecule has 2 N–H and O–H groups in total. The number of rotatable bonds is 9. The Hall–Kier alpha value is -1.96. The van der Waals surface area contributed by atoms with Gasteiger partial charge in [0.25, 0.3) is 0 Å². The number of benzene rings is 2. The summed E-state index contributed by atoms with van der Waals surface area (Å²) in [4.78, 5) is 0. The lowest BCUT2D eigenvalue weighted by Gasteiger charge is -2.23. The van der Waals surface area contributed by atoms with Crippen molar-refractivity contribution in [2.24, 2.45) is 0 Å². The first kappa shape index (κ1) is 20.4. The zero-order valence-corrected chi connectivity index (χ0v) is 16.9. The topological polar surface area (TPSA) is 40.5 Å². The van der Waals surface area contributed by atoms with Crippen molar-refractivity contribution in [3.8, 4) is 22.6 Å². The van der Waals surface area contributed by atoms with E-state index in [1.807, 2.05) is 12.1 Å². The van der Waals surface area contributed by atoms with Crippen LogP contribution in [-0.4, -0.2) is 10.2 Å². The van der Waals surface area contributed by atoms with Crippen LogP contribution >= 0.6 is 0 Å². The first-order valence-corrected chi connectivity index (χ1v) is 10.3. The van der Waals surface area contributed by atoms with E-state index in [2.05, 4.69) is 39.8 Å². The summed E-state index contributed by atoms with van der Waals surface area (Å²) in [5.74, 6) is 0.768. The molecule has 2 rings (SSSR count). The van der Waals surface area contributed by atoms with Gasteiger partial charge in [-0.1, -0.05) is 65.5 Å². The summed E-state index contributed by atoms with van der Waals surface area (Å²) >= 11 is 0. The fourth-order valence-corrected chi connectivity index (χ4v) is 3.96. The molecular formula is C24H34O2. The van der Waals surface area contributed by atoms with Crippen molar-refractivity contribution in [2.75, 3.05) is 0 Å². The van der Waals surface area contributed by atoms with Crippen molar-refractivity contribution in [3.63, 3.8) is 0 Å². The summed E-state index contributed by atoms with van der Waals surface area (Å²) in [5, 5.41) is 21.2. The lowest BCUT2D eigenvalue weighted by Crippen LogP contribution is -2.04. The van der Waals surface area contributed by atoms with E-state index >= 15 is 0 Å². The SMILES string of the molecule is CCCc1ccc(O)c(CCC)c1-c1c(CCC)ccc(O)c1CCC. The molecule has 0 radical (unpaired) electrons. The number of aromatic hydroxyl groups is 2. The van der Waals surface area contributed by atoms with Crippen LogP contribution < -0.4 is 0 Å². The first-order chi connectivity index (χ1) is 12.6. The van der Waals surface area contributed by atoms with Crippen molar-refractivity contribution >= 4 is 0 Å². The zero-order valence-electron chi connectivity index (χ0n) is 16.9. The normalized spacial score (nSPS) is 11.1. The van der Waals surface area contributed by atoms with E-state index in [0.29, 0.717) is 11.5 Å². The van der Waals surface area contributed by atoms with Crippen molar-refractivity contribution in [1.29, 1.82) is 0 Å². The molecule has 2 heteroatoms. The molecule has 0 heterocycles. The predicted molar refractivity (Wildman–Crippen MR) is 111 cm³/mol. The Kier molecular flexibility index (Phi) is 7.56. The molecule has 0 aliphatic heterocycles. The molecule has 0 aliphatic carbocycles. The molecule has 0 saturated heterocycles.